The van der Waals surface area contributed by atoms with Gasteiger partial charge in [-0.15, -0.1) is 0 Å². The van der Waals surface area contributed by atoms with Crippen molar-refractivity contribution < 1.29 is 0 Å². The molecule has 2 heteroatoms. The Labute approximate surface area is 210 Å². The molecule has 0 saturated heterocycles. The lowest BCUT2D eigenvalue weighted by molar-refractivity contribution is 0.397. The largest absolute Gasteiger partial charge is 0.0830 e. The predicted octanol–water partition coefficient (Wildman–Crippen LogP) is 6.34. The Morgan fingerprint density at radius 1 is 0.514 bits per heavy atom. The maximum absolute atomic E-state index is 2.62. The van der Waals surface area contributed by atoms with Gasteiger partial charge >= 0.3 is 0 Å². The quantitative estimate of drug-likeness (QED) is 0.220. The van der Waals surface area contributed by atoms with Crippen LogP contribution in [-0.4, -0.2) is 10.3 Å². The zero-order chi connectivity index (χ0) is 23.1. The molecule has 0 aromatic heterocycles. The van der Waals surface area contributed by atoms with Gasteiger partial charge in [-0.25, -0.2) is 0 Å². The van der Waals surface area contributed by atoms with Gasteiger partial charge in [-0.1, -0.05) is 133 Å². The molecule has 4 aliphatic carbocycles. The molecule has 4 aromatic carbocycles. The van der Waals surface area contributed by atoms with Crippen molar-refractivity contribution in [3.63, 3.8) is 0 Å². The number of benzene rings is 4. The Morgan fingerprint density at radius 3 is 1.29 bits per heavy atom. The van der Waals surface area contributed by atoms with Crippen LogP contribution in [0.2, 0.25) is 0 Å². The van der Waals surface area contributed by atoms with Gasteiger partial charge in [0.1, 0.15) is 0 Å². The molecule has 0 bridgehead atoms. The number of hydrogen-bond acceptors (Lipinski definition) is 0. The van der Waals surface area contributed by atoms with Crippen LogP contribution in [0.15, 0.2) is 133 Å². The molecule has 3 saturated carbocycles. The SMILES string of the molecule is C1=CC23CC2C2(P(c4ccccc4)c4ccccc4)CC2(P(c2ccccc2)c2ccccc2)C13. The number of rotatable bonds is 6. The smallest absolute Gasteiger partial charge is 0.0171 e. The summed E-state index contributed by atoms with van der Waals surface area (Å²) in [6.07, 6.45) is 8.01. The summed E-state index contributed by atoms with van der Waals surface area (Å²) in [6, 6.07) is 46.2. The lowest BCUT2D eigenvalue weighted by Crippen LogP contribution is -2.39. The minimum Gasteiger partial charge on any atom is -0.0830 e. The predicted molar refractivity (Wildman–Crippen MR) is 151 cm³/mol. The van der Waals surface area contributed by atoms with Gasteiger partial charge in [-0.2, -0.15) is 0 Å². The van der Waals surface area contributed by atoms with E-state index in [1.165, 1.54) is 12.8 Å². The molecule has 0 radical (unpaired) electrons. The van der Waals surface area contributed by atoms with Crippen LogP contribution >= 0.6 is 15.8 Å². The minimum atomic E-state index is -0.473. The van der Waals surface area contributed by atoms with Crippen LogP contribution in [-0.2, 0) is 0 Å². The first-order valence-electron chi connectivity index (χ1n) is 12.8. The lowest BCUT2D eigenvalue weighted by atomic mass is 9.77. The Morgan fingerprint density at radius 2 is 0.914 bits per heavy atom. The number of fused-ring (bicyclic) bond motifs is 3. The monoisotopic (exact) mass is 486 g/mol. The van der Waals surface area contributed by atoms with E-state index < -0.39 is 15.8 Å². The lowest BCUT2D eigenvalue weighted by Gasteiger charge is -2.42. The third-order valence-corrected chi connectivity index (χ3v) is 16.1. The molecule has 0 amide bonds. The highest BCUT2D eigenvalue weighted by Crippen LogP contribution is 2.99. The highest BCUT2D eigenvalue weighted by Gasteiger charge is 2.94. The minimum absolute atomic E-state index is 0.347. The summed E-state index contributed by atoms with van der Waals surface area (Å²) in [7, 11) is -0.935. The van der Waals surface area contributed by atoms with Gasteiger partial charge in [-0.05, 0) is 67.2 Å². The van der Waals surface area contributed by atoms with Crippen molar-refractivity contribution >= 4 is 37.1 Å². The van der Waals surface area contributed by atoms with Crippen molar-refractivity contribution in [1.82, 2.24) is 0 Å². The molecule has 0 heterocycles. The van der Waals surface area contributed by atoms with E-state index in [-0.39, 0.29) is 0 Å². The Bertz CT molecular complexity index is 1340. The third-order valence-electron chi connectivity index (χ3n) is 9.33. The van der Waals surface area contributed by atoms with Gasteiger partial charge in [0.2, 0.25) is 0 Å². The average Bonchev–Trinajstić information content (AvgIpc) is 3.80. The molecule has 4 aromatic rings. The first-order valence-corrected chi connectivity index (χ1v) is 15.5. The Kier molecular flexibility index (Phi) is 4.28. The third kappa shape index (κ3) is 2.55. The summed E-state index contributed by atoms with van der Waals surface area (Å²) >= 11 is 0. The maximum Gasteiger partial charge on any atom is 0.0171 e. The Hall–Kier alpha value is -2.52. The van der Waals surface area contributed by atoms with Crippen LogP contribution in [0.5, 0.6) is 0 Å². The molecular formula is C33H28P2. The molecule has 0 nitrogen and oxygen atoms in total. The summed E-state index contributed by atoms with van der Waals surface area (Å²) in [4.78, 5) is 0. The summed E-state index contributed by atoms with van der Waals surface area (Å²) < 4.78 is 0. The van der Waals surface area contributed by atoms with E-state index >= 15 is 0 Å². The highest BCUT2D eigenvalue weighted by molar-refractivity contribution is 7.80. The van der Waals surface area contributed by atoms with Crippen LogP contribution in [0.25, 0.3) is 0 Å². The normalized spacial score (nSPS) is 33.1. The standard InChI is InChI=1S/C33H28P2/c1-5-13-25(14-6-1)34(26-15-7-2-8-16-26)32-24-33(32,30-23-31(30)22-21-29(31)32)35(27-17-9-3-10-18-27)28-19-11-4-12-20-28/h1-22,29-30H,23-24H2. The van der Waals surface area contributed by atoms with E-state index in [4.69, 9.17) is 0 Å². The molecule has 8 rings (SSSR count). The summed E-state index contributed by atoms with van der Waals surface area (Å²) in [5, 5.41) is 6.97. The molecule has 35 heavy (non-hydrogen) atoms. The van der Waals surface area contributed by atoms with E-state index in [0.29, 0.717) is 15.7 Å². The van der Waals surface area contributed by atoms with Crippen molar-refractivity contribution in [1.29, 1.82) is 0 Å². The molecule has 0 N–H and O–H groups in total. The molecule has 170 valence electrons. The Balaban J connectivity index is 1.38. The van der Waals surface area contributed by atoms with Gasteiger partial charge in [0.25, 0.3) is 0 Å². The second-order valence-corrected chi connectivity index (χ2v) is 15.7. The van der Waals surface area contributed by atoms with Crippen LogP contribution in [0.4, 0.5) is 0 Å². The van der Waals surface area contributed by atoms with Gasteiger partial charge in [-0.3, -0.25) is 0 Å². The van der Waals surface area contributed by atoms with E-state index in [0.717, 1.165) is 11.8 Å². The zero-order valence-corrected chi connectivity index (χ0v) is 21.5. The molecular weight excluding hydrogens is 458 g/mol. The maximum atomic E-state index is 2.62. The molecule has 4 aliphatic rings. The molecule has 1 spiro atoms. The second kappa shape index (κ2) is 7.26. The van der Waals surface area contributed by atoms with Gasteiger partial charge in [0.05, 0.1) is 0 Å². The van der Waals surface area contributed by atoms with E-state index in [1.54, 1.807) is 21.2 Å². The van der Waals surface area contributed by atoms with E-state index in [2.05, 4.69) is 133 Å². The van der Waals surface area contributed by atoms with Gasteiger partial charge in [0.15, 0.2) is 0 Å². The van der Waals surface area contributed by atoms with Crippen molar-refractivity contribution in [3.05, 3.63) is 133 Å². The first kappa shape index (κ1) is 20.7. The van der Waals surface area contributed by atoms with Crippen LogP contribution < -0.4 is 21.2 Å². The molecule has 5 unspecified atom stereocenters. The van der Waals surface area contributed by atoms with Crippen LogP contribution in [0.3, 0.4) is 0 Å². The summed E-state index contributed by atoms with van der Waals surface area (Å²) in [5.74, 6) is 1.55. The van der Waals surface area contributed by atoms with Crippen molar-refractivity contribution in [2.24, 2.45) is 17.3 Å². The zero-order valence-electron chi connectivity index (χ0n) is 19.7. The highest BCUT2D eigenvalue weighted by atomic mass is 31.1. The second-order valence-electron chi connectivity index (χ2n) is 10.7. The van der Waals surface area contributed by atoms with Crippen molar-refractivity contribution in [2.75, 3.05) is 0 Å². The molecule has 5 atom stereocenters. The molecule has 0 aliphatic heterocycles. The number of allylic oxidation sites excluding steroid dienone is 2. The van der Waals surface area contributed by atoms with Gasteiger partial charge < -0.3 is 0 Å². The summed E-state index contributed by atoms with van der Waals surface area (Å²) in [6.45, 7) is 0. The molecule has 3 fully saturated rings. The first-order chi connectivity index (χ1) is 17.3. The van der Waals surface area contributed by atoms with E-state index in [1.807, 2.05) is 0 Å². The van der Waals surface area contributed by atoms with Crippen LogP contribution in [0, 0.1) is 17.3 Å². The van der Waals surface area contributed by atoms with E-state index in [9.17, 15) is 0 Å². The fourth-order valence-corrected chi connectivity index (χ4v) is 16.2. The number of hydrogen-bond donors (Lipinski definition) is 0. The topological polar surface area (TPSA) is 0 Å². The van der Waals surface area contributed by atoms with Crippen molar-refractivity contribution in [2.45, 2.75) is 23.2 Å². The fraction of sp³-hybridized carbons (Fsp3) is 0.212. The van der Waals surface area contributed by atoms with Gasteiger partial charge in [0, 0.05) is 10.3 Å². The summed E-state index contributed by atoms with van der Waals surface area (Å²) in [5.41, 5.74) is 0.479. The average molecular weight is 487 g/mol. The fourth-order valence-electron chi connectivity index (χ4n) is 8.02. The van der Waals surface area contributed by atoms with Crippen LogP contribution in [0.1, 0.15) is 12.8 Å². The van der Waals surface area contributed by atoms with Crippen molar-refractivity contribution in [3.8, 4) is 0 Å².